The van der Waals surface area contributed by atoms with Gasteiger partial charge in [0.15, 0.2) is 0 Å². The molecule has 3 aliphatic rings. The van der Waals surface area contributed by atoms with Crippen molar-refractivity contribution in [2.24, 2.45) is 11.7 Å². The Labute approximate surface area is 177 Å². The molecular weight excluding hydrogens is 386 g/mol. The molecule has 6 heteroatoms. The molecule has 0 spiro atoms. The van der Waals surface area contributed by atoms with E-state index < -0.39 is 0 Å². The lowest BCUT2D eigenvalue weighted by Gasteiger charge is -2.22. The Morgan fingerprint density at radius 3 is 2.79 bits per heavy atom. The van der Waals surface area contributed by atoms with Gasteiger partial charge in [0.25, 0.3) is 0 Å². The van der Waals surface area contributed by atoms with Crippen molar-refractivity contribution in [2.75, 3.05) is 18.1 Å². The summed E-state index contributed by atoms with van der Waals surface area (Å²) in [6.07, 6.45) is 20.8. The lowest BCUT2D eigenvalue weighted by atomic mass is 10.00. The summed E-state index contributed by atoms with van der Waals surface area (Å²) < 4.78 is 0. The largest absolute Gasteiger partial charge is 0.374 e. The molecule has 1 aliphatic heterocycles. The maximum Gasteiger partial charge on any atom is 0.239 e. The van der Waals surface area contributed by atoms with Crippen LogP contribution >= 0.6 is 21.6 Å². The van der Waals surface area contributed by atoms with Crippen LogP contribution in [0.5, 0.6) is 0 Å². The predicted octanol–water partition coefficient (Wildman–Crippen LogP) is 4.08. The highest BCUT2D eigenvalue weighted by Gasteiger charge is 2.21. The van der Waals surface area contributed by atoms with E-state index in [1.807, 2.05) is 33.7 Å². The third kappa shape index (κ3) is 7.37. The molecule has 4 bridgehead atoms. The second-order valence-electron chi connectivity index (χ2n) is 7.91. The number of rotatable bonds is 1. The van der Waals surface area contributed by atoms with E-state index in [0.29, 0.717) is 6.04 Å². The number of carbonyl (C=O) groups excluding carboxylic acids is 1. The average Bonchev–Trinajstić information content (AvgIpc) is 2.89. The normalized spacial score (nSPS) is 36.1. The number of primary amides is 1. The van der Waals surface area contributed by atoms with E-state index in [1.165, 1.54) is 43.4 Å². The van der Waals surface area contributed by atoms with E-state index in [4.69, 9.17) is 5.73 Å². The van der Waals surface area contributed by atoms with E-state index in [1.54, 1.807) is 0 Å². The Kier molecular flexibility index (Phi) is 9.09. The van der Waals surface area contributed by atoms with Gasteiger partial charge in [-0.1, -0.05) is 58.7 Å². The van der Waals surface area contributed by atoms with Gasteiger partial charge in [-0.25, -0.2) is 0 Å². The monoisotopic (exact) mass is 419 g/mol. The first kappa shape index (κ1) is 21.6. The van der Waals surface area contributed by atoms with Crippen molar-refractivity contribution in [3.63, 3.8) is 0 Å². The van der Waals surface area contributed by atoms with Crippen molar-refractivity contribution in [2.45, 2.75) is 57.0 Å². The third-order valence-electron chi connectivity index (χ3n) is 5.61. The van der Waals surface area contributed by atoms with Crippen LogP contribution in [0.3, 0.4) is 0 Å². The van der Waals surface area contributed by atoms with Gasteiger partial charge in [-0.05, 0) is 62.3 Å². The summed E-state index contributed by atoms with van der Waals surface area (Å²) in [5, 5.41) is 7.09. The van der Waals surface area contributed by atoms with Crippen molar-refractivity contribution in [1.82, 2.24) is 10.6 Å². The fourth-order valence-electron chi connectivity index (χ4n) is 3.99. The van der Waals surface area contributed by atoms with E-state index in [9.17, 15) is 4.79 Å². The van der Waals surface area contributed by atoms with Gasteiger partial charge in [0.2, 0.25) is 5.91 Å². The Bertz CT molecular complexity index is 642. The van der Waals surface area contributed by atoms with E-state index in [2.05, 4.69) is 34.9 Å². The van der Waals surface area contributed by atoms with Crippen LogP contribution in [0.15, 0.2) is 47.7 Å². The molecule has 4 N–H and O–H groups in total. The first-order valence-corrected chi connectivity index (χ1v) is 13.0. The molecule has 1 amide bonds. The standard InChI is InChI=1S/C22H33N3OS2/c23-22(26)21-10-5-13-24-20-9-4-2-7-18(14-20)16-28-27-15-17-6-1-3-8-19(25-21)12-11-17/h1,3,6,8,11-12,18,20-21,24-25H,2,4-5,7,9-10,13-16H2,(H2,23,26)/b3-1?,6-1-,8-3+,12-11?,17-6?,17-11-,19-8?,19-12+. The number of hydrogen-bond donors (Lipinski definition) is 3. The van der Waals surface area contributed by atoms with Crippen molar-refractivity contribution >= 4 is 27.5 Å². The molecule has 3 unspecified atom stereocenters. The molecule has 3 rings (SSSR count). The number of nitrogens with two attached hydrogens (primary N) is 1. The van der Waals surface area contributed by atoms with Crippen LogP contribution in [0, 0.1) is 5.92 Å². The summed E-state index contributed by atoms with van der Waals surface area (Å²) in [6, 6.07) is 0.285. The van der Waals surface area contributed by atoms with Crippen LogP contribution < -0.4 is 16.4 Å². The van der Waals surface area contributed by atoms with E-state index in [-0.39, 0.29) is 11.9 Å². The fourth-order valence-corrected chi connectivity index (χ4v) is 6.52. The predicted molar refractivity (Wildman–Crippen MR) is 123 cm³/mol. The van der Waals surface area contributed by atoms with Gasteiger partial charge in [-0.3, -0.25) is 4.79 Å². The molecule has 0 aromatic heterocycles. The van der Waals surface area contributed by atoms with Crippen LogP contribution in [0.25, 0.3) is 0 Å². The molecule has 3 atom stereocenters. The zero-order valence-corrected chi connectivity index (χ0v) is 18.2. The molecule has 0 radical (unpaired) electrons. The maximum absolute atomic E-state index is 11.9. The lowest BCUT2D eigenvalue weighted by Crippen LogP contribution is -2.41. The van der Waals surface area contributed by atoms with Gasteiger partial charge in [-0.15, -0.1) is 0 Å². The van der Waals surface area contributed by atoms with Crippen LogP contribution in [0.2, 0.25) is 0 Å². The minimum Gasteiger partial charge on any atom is -0.374 e. The molecule has 0 aromatic rings. The number of carbonyl (C=O) groups is 1. The molecule has 4 nitrogen and oxygen atoms in total. The van der Waals surface area contributed by atoms with Crippen LogP contribution in [-0.2, 0) is 4.79 Å². The number of nitrogens with one attached hydrogen (secondary N) is 2. The van der Waals surface area contributed by atoms with E-state index >= 15 is 0 Å². The summed E-state index contributed by atoms with van der Waals surface area (Å²) in [5.41, 5.74) is 7.89. The van der Waals surface area contributed by atoms with Crippen molar-refractivity contribution in [1.29, 1.82) is 0 Å². The van der Waals surface area contributed by atoms with Crippen LogP contribution in [0.1, 0.15) is 44.9 Å². The topological polar surface area (TPSA) is 67.2 Å². The minimum absolute atomic E-state index is 0.282. The quantitative estimate of drug-likeness (QED) is 0.559. The van der Waals surface area contributed by atoms with Gasteiger partial charge < -0.3 is 16.4 Å². The van der Waals surface area contributed by atoms with Gasteiger partial charge in [-0.2, -0.15) is 0 Å². The summed E-state index contributed by atoms with van der Waals surface area (Å²) in [5.74, 6) is 2.76. The Hall–Kier alpha value is -1.11. The third-order valence-corrected chi connectivity index (χ3v) is 8.09. The van der Waals surface area contributed by atoms with Gasteiger partial charge in [0.05, 0.1) is 0 Å². The van der Waals surface area contributed by atoms with Crippen molar-refractivity contribution in [3.8, 4) is 0 Å². The molecule has 2 aliphatic carbocycles. The lowest BCUT2D eigenvalue weighted by molar-refractivity contribution is -0.120. The zero-order chi connectivity index (χ0) is 19.6. The first-order valence-electron chi connectivity index (χ1n) is 10.5. The fraction of sp³-hybridized carbons (Fsp3) is 0.591. The molecule has 1 saturated carbocycles. The highest BCUT2D eigenvalue weighted by Crippen LogP contribution is 2.32. The highest BCUT2D eigenvalue weighted by atomic mass is 33.1. The van der Waals surface area contributed by atoms with Gasteiger partial charge in [0, 0.05) is 23.2 Å². The second-order valence-corrected chi connectivity index (χ2v) is 10.4. The number of fused-ring (bicyclic) bond motifs is 3. The Morgan fingerprint density at radius 2 is 1.89 bits per heavy atom. The Morgan fingerprint density at radius 1 is 1.04 bits per heavy atom. The van der Waals surface area contributed by atoms with Crippen LogP contribution in [0.4, 0.5) is 0 Å². The number of amides is 1. The number of hydrogen-bond acceptors (Lipinski definition) is 5. The molecule has 1 heterocycles. The molecule has 154 valence electrons. The molecule has 1 fully saturated rings. The Balaban J connectivity index is 1.70. The molecule has 28 heavy (non-hydrogen) atoms. The smallest absolute Gasteiger partial charge is 0.239 e. The summed E-state index contributed by atoms with van der Waals surface area (Å²) in [4.78, 5) is 11.9. The zero-order valence-electron chi connectivity index (χ0n) is 16.6. The summed E-state index contributed by atoms with van der Waals surface area (Å²) in [6.45, 7) is 0.951. The average molecular weight is 420 g/mol. The van der Waals surface area contributed by atoms with Crippen molar-refractivity contribution in [3.05, 3.63) is 47.7 Å². The maximum atomic E-state index is 11.9. The molecule has 0 aromatic carbocycles. The number of allylic oxidation sites excluding steroid dienone is 6. The SMILES string of the molecule is NC(=O)C1CCCNC2CCCCC(CSSCC3=C\C=C(/C=C/C=C\3)N1)C2. The van der Waals surface area contributed by atoms with E-state index in [0.717, 1.165) is 36.8 Å². The second kappa shape index (κ2) is 11.8. The van der Waals surface area contributed by atoms with Gasteiger partial charge >= 0.3 is 0 Å². The van der Waals surface area contributed by atoms with Crippen LogP contribution in [-0.4, -0.2) is 36.0 Å². The molecule has 0 saturated heterocycles. The minimum atomic E-state index is -0.333. The summed E-state index contributed by atoms with van der Waals surface area (Å²) >= 11 is 0. The van der Waals surface area contributed by atoms with Gasteiger partial charge in [0.1, 0.15) is 6.04 Å². The first-order chi connectivity index (χ1) is 13.7. The highest BCUT2D eigenvalue weighted by molar-refractivity contribution is 8.76. The van der Waals surface area contributed by atoms with Crippen molar-refractivity contribution < 1.29 is 4.79 Å². The molecular formula is C22H33N3OS2. The summed E-state index contributed by atoms with van der Waals surface area (Å²) in [7, 11) is 3.97.